The van der Waals surface area contributed by atoms with E-state index in [9.17, 15) is 14.7 Å². The summed E-state index contributed by atoms with van der Waals surface area (Å²) in [4.78, 5) is 24.6. The molecule has 2 amide bonds. The zero-order valence-electron chi connectivity index (χ0n) is 10.0. The quantitative estimate of drug-likeness (QED) is 0.691. The Balaban J connectivity index is 2.16. The minimum atomic E-state index is -0.712. The van der Waals surface area contributed by atoms with Crippen LogP contribution in [0.3, 0.4) is 0 Å². The molecule has 0 radical (unpaired) electrons. The SMILES string of the molecule is CC1=C[C@@H](C)[C@H](C(=O)N2CCOC2=O)[C@H](O)C1. The van der Waals surface area contributed by atoms with Crippen molar-refractivity contribution in [1.29, 1.82) is 0 Å². The summed E-state index contributed by atoms with van der Waals surface area (Å²) in [7, 11) is 0. The molecule has 5 heteroatoms. The highest BCUT2D eigenvalue weighted by molar-refractivity contribution is 5.94. The van der Waals surface area contributed by atoms with Crippen LogP contribution in [-0.4, -0.2) is 41.3 Å². The monoisotopic (exact) mass is 239 g/mol. The minimum Gasteiger partial charge on any atom is -0.447 e. The fraction of sp³-hybridized carbons (Fsp3) is 0.667. The van der Waals surface area contributed by atoms with E-state index in [-0.39, 0.29) is 25.0 Å². The molecule has 0 aromatic heterocycles. The molecule has 0 aromatic carbocycles. The van der Waals surface area contributed by atoms with E-state index in [2.05, 4.69) is 0 Å². The van der Waals surface area contributed by atoms with Crippen molar-refractivity contribution in [2.75, 3.05) is 13.2 Å². The zero-order valence-corrected chi connectivity index (χ0v) is 10.0. The van der Waals surface area contributed by atoms with Gasteiger partial charge in [-0.15, -0.1) is 0 Å². The van der Waals surface area contributed by atoms with Crippen molar-refractivity contribution in [2.45, 2.75) is 26.4 Å². The van der Waals surface area contributed by atoms with Crippen LogP contribution in [0.15, 0.2) is 11.6 Å². The van der Waals surface area contributed by atoms with Crippen LogP contribution in [-0.2, 0) is 9.53 Å². The third-order valence-electron chi connectivity index (χ3n) is 3.37. The molecule has 0 aromatic rings. The molecule has 1 saturated heterocycles. The maximum atomic E-state index is 12.2. The van der Waals surface area contributed by atoms with Crippen molar-refractivity contribution in [1.82, 2.24) is 4.90 Å². The summed E-state index contributed by atoms with van der Waals surface area (Å²) < 4.78 is 4.74. The first kappa shape index (κ1) is 12.1. The van der Waals surface area contributed by atoms with Crippen LogP contribution in [0.4, 0.5) is 4.79 Å². The first-order chi connectivity index (χ1) is 8.00. The van der Waals surface area contributed by atoms with Gasteiger partial charge in [-0.05, 0) is 19.3 Å². The summed E-state index contributed by atoms with van der Waals surface area (Å²) in [6, 6.07) is 0. The second kappa shape index (κ2) is 4.49. The molecule has 2 aliphatic rings. The molecule has 94 valence electrons. The molecule has 0 bridgehead atoms. The van der Waals surface area contributed by atoms with Gasteiger partial charge in [-0.3, -0.25) is 4.79 Å². The van der Waals surface area contributed by atoms with Crippen molar-refractivity contribution < 1.29 is 19.4 Å². The summed E-state index contributed by atoms with van der Waals surface area (Å²) in [6.45, 7) is 4.35. The Morgan fingerprint density at radius 3 is 2.82 bits per heavy atom. The maximum absolute atomic E-state index is 12.2. The molecule has 1 fully saturated rings. The number of imide groups is 1. The van der Waals surface area contributed by atoms with Gasteiger partial charge in [0.2, 0.25) is 5.91 Å². The van der Waals surface area contributed by atoms with Gasteiger partial charge in [0.25, 0.3) is 0 Å². The number of cyclic esters (lactones) is 1. The lowest BCUT2D eigenvalue weighted by atomic mass is 9.79. The van der Waals surface area contributed by atoms with E-state index in [0.29, 0.717) is 6.42 Å². The van der Waals surface area contributed by atoms with E-state index in [4.69, 9.17) is 4.74 Å². The van der Waals surface area contributed by atoms with E-state index in [1.807, 2.05) is 19.9 Å². The molecule has 1 heterocycles. The fourth-order valence-corrected chi connectivity index (χ4v) is 2.59. The predicted octanol–water partition coefficient (Wildman–Crippen LogP) is 0.928. The minimum absolute atomic E-state index is 0.0559. The molecular weight excluding hydrogens is 222 g/mol. The molecular formula is C12H17NO4. The zero-order chi connectivity index (χ0) is 12.6. The van der Waals surface area contributed by atoms with E-state index >= 15 is 0 Å². The average molecular weight is 239 g/mol. The van der Waals surface area contributed by atoms with E-state index in [1.54, 1.807) is 0 Å². The van der Waals surface area contributed by atoms with Crippen LogP contribution >= 0.6 is 0 Å². The lowest BCUT2D eigenvalue weighted by Gasteiger charge is -2.32. The summed E-state index contributed by atoms with van der Waals surface area (Å²) in [5.74, 6) is -0.916. The topological polar surface area (TPSA) is 66.8 Å². The van der Waals surface area contributed by atoms with E-state index in [0.717, 1.165) is 10.5 Å². The molecule has 1 aliphatic carbocycles. The highest BCUT2D eigenvalue weighted by atomic mass is 16.6. The number of carbonyl (C=O) groups excluding carboxylic acids is 2. The van der Waals surface area contributed by atoms with Gasteiger partial charge >= 0.3 is 6.09 Å². The number of hydrogen-bond donors (Lipinski definition) is 1. The van der Waals surface area contributed by atoms with Gasteiger partial charge in [0.1, 0.15) is 6.61 Å². The Hall–Kier alpha value is -1.36. The van der Waals surface area contributed by atoms with Gasteiger partial charge in [0.15, 0.2) is 0 Å². The number of amides is 2. The van der Waals surface area contributed by atoms with E-state index in [1.165, 1.54) is 0 Å². The number of ether oxygens (including phenoxy) is 1. The van der Waals surface area contributed by atoms with Gasteiger partial charge in [0, 0.05) is 0 Å². The van der Waals surface area contributed by atoms with Crippen LogP contribution in [0.1, 0.15) is 20.3 Å². The Morgan fingerprint density at radius 2 is 2.29 bits per heavy atom. The second-order valence-electron chi connectivity index (χ2n) is 4.77. The number of carbonyl (C=O) groups is 2. The molecule has 3 atom stereocenters. The second-order valence-corrected chi connectivity index (χ2v) is 4.77. The lowest BCUT2D eigenvalue weighted by molar-refractivity contribution is -0.137. The Morgan fingerprint density at radius 1 is 1.59 bits per heavy atom. The van der Waals surface area contributed by atoms with Crippen LogP contribution in [0.25, 0.3) is 0 Å². The van der Waals surface area contributed by atoms with Crippen LogP contribution in [0.5, 0.6) is 0 Å². The fourth-order valence-electron chi connectivity index (χ4n) is 2.59. The molecule has 5 nitrogen and oxygen atoms in total. The van der Waals surface area contributed by atoms with Crippen LogP contribution in [0, 0.1) is 11.8 Å². The third-order valence-corrected chi connectivity index (χ3v) is 3.37. The Bertz CT molecular complexity index is 377. The summed E-state index contributed by atoms with van der Waals surface area (Å²) in [5.41, 5.74) is 1.08. The lowest BCUT2D eigenvalue weighted by Crippen LogP contribution is -2.45. The van der Waals surface area contributed by atoms with Crippen molar-refractivity contribution >= 4 is 12.0 Å². The molecule has 0 spiro atoms. The van der Waals surface area contributed by atoms with Crippen molar-refractivity contribution in [2.24, 2.45) is 11.8 Å². The molecule has 0 saturated carbocycles. The number of allylic oxidation sites excluding steroid dienone is 1. The van der Waals surface area contributed by atoms with Gasteiger partial charge < -0.3 is 9.84 Å². The highest BCUT2D eigenvalue weighted by Gasteiger charge is 2.40. The van der Waals surface area contributed by atoms with Crippen molar-refractivity contribution in [3.8, 4) is 0 Å². The first-order valence-electron chi connectivity index (χ1n) is 5.84. The first-order valence-corrected chi connectivity index (χ1v) is 5.84. The van der Waals surface area contributed by atoms with E-state index < -0.39 is 18.1 Å². The maximum Gasteiger partial charge on any atom is 0.416 e. The summed E-state index contributed by atoms with van der Waals surface area (Å²) in [6.07, 6.45) is 1.16. The standard InChI is InChI=1S/C12H17NO4/c1-7-5-8(2)10(9(14)6-7)11(15)13-3-4-17-12(13)16/h5,8-10,14H,3-4,6H2,1-2H3/t8-,9-,10+/m1/s1. The number of rotatable bonds is 1. The Kier molecular flexibility index (Phi) is 3.19. The van der Waals surface area contributed by atoms with Crippen molar-refractivity contribution in [3.05, 3.63) is 11.6 Å². The molecule has 1 N–H and O–H groups in total. The van der Waals surface area contributed by atoms with Gasteiger partial charge in [0.05, 0.1) is 18.6 Å². The summed E-state index contributed by atoms with van der Waals surface area (Å²) in [5, 5.41) is 9.99. The van der Waals surface area contributed by atoms with Crippen molar-refractivity contribution in [3.63, 3.8) is 0 Å². The Labute approximate surface area is 100 Å². The normalized spacial score (nSPS) is 33.4. The smallest absolute Gasteiger partial charge is 0.416 e. The number of hydrogen-bond acceptors (Lipinski definition) is 4. The van der Waals surface area contributed by atoms with Gasteiger partial charge in [-0.25, -0.2) is 9.69 Å². The molecule has 2 rings (SSSR count). The van der Waals surface area contributed by atoms with Gasteiger partial charge in [-0.1, -0.05) is 18.6 Å². The van der Waals surface area contributed by atoms with Gasteiger partial charge in [-0.2, -0.15) is 0 Å². The van der Waals surface area contributed by atoms with Crippen LogP contribution in [0.2, 0.25) is 0 Å². The molecule has 0 unspecified atom stereocenters. The summed E-state index contributed by atoms with van der Waals surface area (Å²) >= 11 is 0. The largest absolute Gasteiger partial charge is 0.447 e. The molecule has 1 aliphatic heterocycles. The number of aliphatic hydroxyl groups excluding tert-OH is 1. The predicted molar refractivity (Wildman–Crippen MR) is 60.1 cm³/mol. The highest BCUT2D eigenvalue weighted by Crippen LogP contribution is 2.31. The molecule has 17 heavy (non-hydrogen) atoms. The average Bonchev–Trinajstić information content (AvgIpc) is 2.62. The number of aliphatic hydroxyl groups is 1. The number of nitrogens with zero attached hydrogens (tertiary/aromatic N) is 1. The van der Waals surface area contributed by atoms with Crippen LogP contribution < -0.4 is 0 Å². The third kappa shape index (κ3) is 2.20.